The zero-order valence-corrected chi connectivity index (χ0v) is 22.7. The largest absolute Gasteiger partial charge is 0.490 e. The number of hydrogen-bond acceptors (Lipinski definition) is 6. The van der Waals surface area contributed by atoms with Crippen LogP contribution < -0.4 is 15.2 Å². The van der Waals surface area contributed by atoms with Crippen LogP contribution in [0.2, 0.25) is 0 Å². The number of likely N-dealkylation sites (tertiary alicyclic amines) is 1. The van der Waals surface area contributed by atoms with Crippen molar-refractivity contribution in [3.05, 3.63) is 70.9 Å². The fourth-order valence-electron chi connectivity index (χ4n) is 4.91. The van der Waals surface area contributed by atoms with Crippen molar-refractivity contribution in [2.24, 2.45) is 5.73 Å². The predicted molar refractivity (Wildman–Crippen MR) is 146 cm³/mol. The quantitative estimate of drug-likeness (QED) is 0.263. The molecule has 1 fully saturated rings. The second kappa shape index (κ2) is 11.3. The highest BCUT2D eigenvalue weighted by atomic mass is 32.1. The van der Waals surface area contributed by atoms with Crippen molar-refractivity contribution in [1.29, 1.82) is 0 Å². The SMILES string of the molecule is C[C@@H](Oc1cc(-n2cnc3ccc(O[C@@H]4CCCN(C(=O)O)CC4)cc32)sc1C(N)=O)c1ccccc1C(F)(F)F. The highest BCUT2D eigenvalue weighted by Gasteiger charge is 2.35. The fourth-order valence-corrected chi connectivity index (χ4v) is 5.83. The van der Waals surface area contributed by atoms with Crippen LogP contribution in [0.3, 0.4) is 0 Å². The van der Waals surface area contributed by atoms with Gasteiger partial charge in [0.05, 0.1) is 16.6 Å². The summed E-state index contributed by atoms with van der Waals surface area (Å²) in [5, 5.41) is 9.80. The Bertz CT molecular complexity index is 1580. The van der Waals surface area contributed by atoms with E-state index in [1.165, 1.54) is 30.0 Å². The summed E-state index contributed by atoms with van der Waals surface area (Å²) < 4.78 is 54.5. The van der Waals surface area contributed by atoms with Gasteiger partial charge < -0.3 is 25.2 Å². The van der Waals surface area contributed by atoms with Crippen molar-refractivity contribution < 1.29 is 37.3 Å². The Morgan fingerprint density at radius 3 is 2.66 bits per heavy atom. The standard InChI is InChI=1S/C28H27F3N4O5S/c1-16(19-6-2-3-7-20(19)28(29,30)31)39-23-14-24(41-25(23)26(32)36)35-15-33-21-9-8-18(13-22(21)35)40-17-5-4-11-34(12-10-17)27(37)38/h2-3,6-9,13-17H,4-5,10-12H2,1H3,(H2,32,36)(H,37,38)/t16-,17-/m1/s1. The Labute approximate surface area is 236 Å². The van der Waals surface area contributed by atoms with E-state index < -0.39 is 29.8 Å². The number of halogens is 3. The number of carboxylic acid groups (broad SMARTS) is 1. The molecule has 41 heavy (non-hydrogen) atoms. The number of carbonyl (C=O) groups is 2. The normalized spacial score (nSPS) is 16.8. The summed E-state index contributed by atoms with van der Waals surface area (Å²) in [5.41, 5.74) is 6.04. The molecule has 5 rings (SSSR count). The van der Waals surface area contributed by atoms with Gasteiger partial charge in [-0.05, 0) is 38.0 Å². The lowest BCUT2D eigenvalue weighted by atomic mass is 10.0. The molecule has 1 saturated heterocycles. The summed E-state index contributed by atoms with van der Waals surface area (Å²) in [4.78, 5) is 29.4. The molecule has 1 aliphatic rings. The summed E-state index contributed by atoms with van der Waals surface area (Å²) in [5.74, 6) is -0.129. The van der Waals surface area contributed by atoms with Gasteiger partial charge >= 0.3 is 12.3 Å². The number of primary amides is 1. The number of aromatic nitrogens is 2. The maximum atomic E-state index is 13.6. The number of fused-ring (bicyclic) bond motifs is 1. The molecule has 1 aliphatic heterocycles. The molecule has 9 nitrogen and oxygen atoms in total. The van der Waals surface area contributed by atoms with Gasteiger partial charge in [-0.25, -0.2) is 9.78 Å². The van der Waals surface area contributed by atoms with E-state index in [1.54, 1.807) is 35.2 Å². The Hall–Kier alpha value is -4.26. The molecule has 0 unspecified atom stereocenters. The van der Waals surface area contributed by atoms with Crippen molar-refractivity contribution in [2.75, 3.05) is 13.1 Å². The van der Waals surface area contributed by atoms with Crippen LogP contribution in [0, 0.1) is 0 Å². The van der Waals surface area contributed by atoms with E-state index in [2.05, 4.69) is 4.98 Å². The van der Waals surface area contributed by atoms with Crippen LogP contribution in [-0.4, -0.2) is 50.8 Å². The summed E-state index contributed by atoms with van der Waals surface area (Å²) in [6.07, 6.45) is -3.16. The number of hydrogen-bond donors (Lipinski definition) is 2. The molecule has 0 aliphatic carbocycles. The maximum absolute atomic E-state index is 13.6. The molecule has 0 spiro atoms. The number of alkyl halides is 3. The highest BCUT2D eigenvalue weighted by molar-refractivity contribution is 7.16. The first kappa shape index (κ1) is 28.3. The number of ether oxygens (including phenoxy) is 2. The predicted octanol–water partition coefficient (Wildman–Crippen LogP) is 6.26. The first-order valence-corrected chi connectivity index (χ1v) is 13.7. The van der Waals surface area contributed by atoms with Gasteiger partial charge in [0.1, 0.15) is 39.9 Å². The Morgan fingerprint density at radius 2 is 1.93 bits per heavy atom. The number of nitrogens with zero attached hydrogens (tertiary/aromatic N) is 3. The van der Waals surface area contributed by atoms with E-state index in [0.717, 1.165) is 17.4 Å². The van der Waals surface area contributed by atoms with Gasteiger partial charge in [-0.1, -0.05) is 18.2 Å². The third-order valence-electron chi connectivity index (χ3n) is 6.92. The molecule has 3 heterocycles. The molecule has 0 saturated carbocycles. The van der Waals surface area contributed by atoms with Gasteiger partial charge in [0, 0.05) is 37.2 Å². The Balaban J connectivity index is 1.41. The number of benzene rings is 2. The molecule has 2 aromatic carbocycles. The van der Waals surface area contributed by atoms with Crippen LogP contribution in [0.25, 0.3) is 16.0 Å². The summed E-state index contributed by atoms with van der Waals surface area (Å²) in [6, 6.07) is 12.0. The zero-order chi connectivity index (χ0) is 29.3. The molecule has 3 N–H and O–H groups in total. The summed E-state index contributed by atoms with van der Waals surface area (Å²) >= 11 is 1.03. The van der Waals surface area contributed by atoms with Gasteiger partial charge in [0.2, 0.25) is 0 Å². The first-order valence-electron chi connectivity index (χ1n) is 12.9. The minimum atomic E-state index is -4.57. The molecule has 2 amide bonds. The summed E-state index contributed by atoms with van der Waals surface area (Å²) in [7, 11) is 0. The second-order valence-electron chi connectivity index (χ2n) is 9.69. The summed E-state index contributed by atoms with van der Waals surface area (Å²) in [6.45, 7) is 2.33. The van der Waals surface area contributed by atoms with Gasteiger partial charge in [0.25, 0.3) is 5.91 Å². The lowest BCUT2D eigenvalue weighted by molar-refractivity contribution is -0.139. The van der Waals surface area contributed by atoms with E-state index in [0.29, 0.717) is 54.1 Å². The lowest BCUT2D eigenvalue weighted by Crippen LogP contribution is -2.30. The molecular weight excluding hydrogens is 561 g/mol. The van der Waals surface area contributed by atoms with Crippen LogP contribution in [-0.2, 0) is 6.18 Å². The third-order valence-corrected chi connectivity index (χ3v) is 8.05. The molecule has 2 atom stereocenters. The average molecular weight is 589 g/mol. The van der Waals surface area contributed by atoms with Gasteiger partial charge in [-0.15, -0.1) is 11.3 Å². The lowest BCUT2D eigenvalue weighted by Gasteiger charge is -2.19. The molecule has 13 heteroatoms. The minimum absolute atomic E-state index is 0.0621. The molecule has 0 radical (unpaired) electrons. The number of amides is 2. The monoisotopic (exact) mass is 588 g/mol. The third kappa shape index (κ3) is 6.09. The van der Waals surface area contributed by atoms with Gasteiger partial charge in [-0.3, -0.25) is 9.36 Å². The topological polar surface area (TPSA) is 120 Å². The number of imidazole rings is 1. The van der Waals surface area contributed by atoms with E-state index in [1.807, 2.05) is 0 Å². The van der Waals surface area contributed by atoms with Crippen LogP contribution >= 0.6 is 11.3 Å². The van der Waals surface area contributed by atoms with Crippen LogP contribution in [0.4, 0.5) is 18.0 Å². The van der Waals surface area contributed by atoms with Gasteiger partial charge in [0.15, 0.2) is 0 Å². The number of thiophene rings is 1. The molecule has 216 valence electrons. The van der Waals surface area contributed by atoms with E-state index in [9.17, 15) is 27.9 Å². The molecular formula is C28H27F3N4O5S. The van der Waals surface area contributed by atoms with Crippen LogP contribution in [0.15, 0.2) is 54.9 Å². The molecule has 4 aromatic rings. The average Bonchev–Trinajstić information content (AvgIpc) is 3.45. The smallest absolute Gasteiger partial charge is 0.416 e. The first-order chi connectivity index (χ1) is 19.5. The van der Waals surface area contributed by atoms with E-state index in [4.69, 9.17) is 15.2 Å². The number of nitrogens with two attached hydrogens (primary N) is 1. The fraction of sp³-hybridized carbons (Fsp3) is 0.321. The van der Waals surface area contributed by atoms with Crippen molar-refractivity contribution in [1.82, 2.24) is 14.5 Å². The Kier molecular flexibility index (Phi) is 7.80. The van der Waals surface area contributed by atoms with Crippen molar-refractivity contribution in [3.8, 4) is 16.5 Å². The highest BCUT2D eigenvalue weighted by Crippen LogP contribution is 2.39. The number of carbonyl (C=O) groups excluding carboxylic acids is 1. The Morgan fingerprint density at radius 1 is 1.15 bits per heavy atom. The van der Waals surface area contributed by atoms with Crippen molar-refractivity contribution in [2.45, 2.75) is 44.6 Å². The van der Waals surface area contributed by atoms with E-state index >= 15 is 0 Å². The molecule has 2 aromatic heterocycles. The van der Waals surface area contributed by atoms with Crippen molar-refractivity contribution in [3.63, 3.8) is 0 Å². The second-order valence-corrected chi connectivity index (χ2v) is 10.7. The van der Waals surface area contributed by atoms with Crippen LogP contribution in [0.5, 0.6) is 11.5 Å². The van der Waals surface area contributed by atoms with Crippen LogP contribution in [0.1, 0.15) is 53.1 Å². The van der Waals surface area contributed by atoms with Gasteiger partial charge in [-0.2, -0.15) is 13.2 Å². The minimum Gasteiger partial charge on any atom is -0.490 e. The zero-order valence-electron chi connectivity index (χ0n) is 21.9. The van der Waals surface area contributed by atoms with E-state index in [-0.39, 0.29) is 22.3 Å². The number of rotatable bonds is 7. The maximum Gasteiger partial charge on any atom is 0.416 e. The molecule has 0 bridgehead atoms. The van der Waals surface area contributed by atoms with Crippen molar-refractivity contribution >= 4 is 34.4 Å².